The van der Waals surface area contributed by atoms with Gasteiger partial charge in [-0.3, -0.25) is 9.69 Å². The van der Waals surface area contributed by atoms with Crippen LogP contribution < -0.4 is 11.1 Å². The van der Waals surface area contributed by atoms with Crippen molar-refractivity contribution in [2.45, 2.75) is 25.4 Å². The summed E-state index contributed by atoms with van der Waals surface area (Å²) in [5.74, 6) is 0.472. The van der Waals surface area contributed by atoms with E-state index in [1.165, 1.54) is 11.3 Å². The van der Waals surface area contributed by atoms with Crippen molar-refractivity contribution in [3.8, 4) is 0 Å². The van der Waals surface area contributed by atoms with Gasteiger partial charge in [-0.25, -0.2) is 9.97 Å². The first-order chi connectivity index (χ1) is 13.1. The maximum atomic E-state index is 11.3. The number of nitrogens with two attached hydrogens (primary N) is 1. The molecule has 0 bridgehead atoms. The van der Waals surface area contributed by atoms with Crippen LogP contribution in [0.1, 0.15) is 28.8 Å². The Morgan fingerprint density at radius 1 is 1.30 bits per heavy atom. The van der Waals surface area contributed by atoms with Gasteiger partial charge in [0.1, 0.15) is 17.0 Å². The van der Waals surface area contributed by atoms with Gasteiger partial charge in [0.2, 0.25) is 5.91 Å². The van der Waals surface area contributed by atoms with Gasteiger partial charge in [-0.2, -0.15) is 0 Å². The number of nitrogens with zero attached hydrogens (tertiary/aromatic N) is 3. The van der Waals surface area contributed by atoms with Gasteiger partial charge in [-0.1, -0.05) is 23.7 Å². The molecule has 140 valence electrons. The SMILES string of the molecule is NC(=O)c1cccc(CN2CCC(Nc3ncnc4sc(Cl)cc34)CC2)c1. The van der Waals surface area contributed by atoms with E-state index in [1.807, 2.05) is 24.3 Å². The first kappa shape index (κ1) is 18.2. The Kier molecular flexibility index (Phi) is 5.24. The van der Waals surface area contributed by atoms with Crippen LogP contribution in [0.4, 0.5) is 5.82 Å². The minimum Gasteiger partial charge on any atom is -0.367 e. The Hall–Kier alpha value is -2.22. The fraction of sp³-hybridized carbons (Fsp3) is 0.316. The summed E-state index contributed by atoms with van der Waals surface area (Å²) in [6, 6.07) is 9.84. The molecule has 0 unspecified atom stereocenters. The smallest absolute Gasteiger partial charge is 0.248 e. The molecule has 27 heavy (non-hydrogen) atoms. The summed E-state index contributed by atoms with van der Waals surface area (Å²) in [4.78, 5) is 23.3. The van der Waals surface area contributed by atoms with Crippen LogP contribution in [0.5, 0.6) is 0 Å². The standard InChI is InChI=1S/C19H20ClN5OS/c20-16-9-15-18(22-11-23-19(15)27-16)24-14-4-6-25(7-5-14)10-12-2-1-3-13(8-12)17(21)26/h1-3,8-9,11,14H,4-7,10H2,(H2,21,26)(H,22,23,24). The number of rotatable bonds is 5. The van der Waals surface area contributed by atoms with Crippen molar-refractivity contribution in [2.75, 3.05) is 18.4 Å². The molecule has 2 aromatic heterocycles. The number of likely N-dealkylation sites (tertiary alicyclic amines) is 1. The Balaban J connectivity index is 1.36. The maximum Gasteiger partial charge on any atom is 0.248 e. The lowest BCUT2D eigenvalue weighted by atomic mass is 10.0. The van der Waals surface area contributed by atoms with E-state index in [2.05, 4.69) is 20.2 Å². The Morgan fingerprint density at radius 3 is 2.89 bits per heavy atom. The third kappa shape index (κ3) is 4.21. The van der Waals surface area contributed by atoms with E-state index in [0.717, 1.165) is 58.4 Å². The van der Waals surface area contributed by atoms with Crippen LogP contribution in [0, 0.1) is 0 Å². The predicted octanol–water partition coefficient (Wildman–Crippen LogP) is 3.52. The zero-order valence-electron chi connectivity index (χ0n) is 14.7. The summed E-state index contributed by atoms with van der Waals surface area (Å²) >= 11 is 7.58. The van der Waals surface area contributed by atoms with Gasteiger partial charge in [0, 0.05) is 31.2 Å². The highest BCUT2D eigenvalue weighted by Crippen LogP contribution is 2.32. The molecule has 1 saturated heterocycles. The summed E-state index contributed by atoms with van der Waals surface area (Å²) in [6.07, 6.45) is 3.64. The summed E-state index contributed by atoms with van der Waals surface area (Å²) in [6.45, 7) is 2.79. The summed E-state index contributed by atoms with van der Waals surface area (Å²) in [5, 5.41) is 4.54. The molecule has 1 amide bonds. The molecule has 1 aliphatic rings. The van der Waals surface area contributed by atoms with E-state index < -0.39 is 0 Å². The number of hydrogen-bond donors (Lipinski definition) is 2. The van der Waals surface area contributed by atoms with Gasteiger partial charge >= 0.3 is 0 Å². The third-order valence-corrected chi connectivity index (χ3v) is 6.02. The number of aromatic nitrogens is 2. The largest absolute Gasteiger partial charge is 0.367 e. The average Bonchev–Trinajstić information content (AvgIpc) is 3.05. The molecule has 4 rings (SSSR count). The molecule has 3 aromatic rings. The van der Waals surface area contributed by atoms with Crippen LogP contribution >= 0.6 is 22.9 Å². The van der Waals surface area contributed by atoms with E-state index in [9.17, 15) is 4.79 Å². The van der Waals surface area contributed by atoms with Crippen molar-refractivity contribution in [1.29, 1.82) is 0 Å². The summed E-state index contributed by atoms with van der Waals surface area (Å²) in [7, 11) is 0. The molecule has 3 N–H and O–H groups in total. The quantitative estimate of drug-likeness (QED) is 0.683. The summed E-state index contributed by atoms with van der Waals surface area (Å²) in [5.41, 5.74) is 7.04. The molecule has 1 fully saturated rings. The highest BCUT2D eigenvalue weighted by Gasteiger charge is 2.21. The molecule has 0 aliphatic carbocycles. The second-order valence-corrected chi connectivity index (χ2v) is 8.41. The van der Waals surface area contributed by atoms with E-state index >= 15 is 0 Å². The minimum atomic E-state index is -0.385. The molecule has 0 radical (unpaired) electrons. The molecule has 0 saturated carbocycles. The third-order valence-electron chi connectivity index (χ3n) is 4.85. The number of primary amides is 1. The number of fused-ring (bicyclic) bond motifs is 1. The van der Waals surface area contributed by atoms with Crippen molar-refractivity contribution < 1.29 is 4.79 Å². The monoisotopic (exact) mass is 401 g/mol. The number of halogens is 1. The van der Waals surface area contributed by atoms with Gasteiger partial charge in [-0.05, 0) is 36.6 Å². The van der Waals surface area contributed by atoms with Gasteiger partial charge in [0.15, 0.2) is 0 Å². The lowest BCUT2D eigenvalue weighted by molar-refractivity contribution is 0.1000. The minimum absolute atomic E-state index is 0.370. The first-order valence-electron chi connectivity index (χ1n) is 8.86. The highest BCUT2D eigenvalue weighted by atomic mass is 35.5. The summed E-state index contributed by atoms with van der Waals surface area (Å²) < 4.78 is 0.724. The normalized spacial score (nSPS) is 15.9. The van der Waals surface area contributed by atoms with E-state index in [0.29, 0.717) is 11.6 Å². The number of carbonyl (C=O) groups is 1. The van der Waals surface area contributed by atoms with Crippen molar-refractivity contribution >= 4 is 44.9 Å². The molecule has 3 heterocycles. The van der Waals surface area contributed by atoms with Crippen LogP contribution in [0.3, 0.4) is 0 Å². The zero-order chi connectivity index (χ0) is 18.8. The van der Waals surface area contributed by atoms with Gasteiger partial charge < -0.3 is 11.1 Å². The molecular formula is C19H20ClN5OS. The van der Waals surface area contributed by atoms with E-state index in [1.54, 1.807) is 12.4 Å². The Labute approximate surface area is 166 Å². The number of nitrogens with one attached hydrogen (secondary N) is 1. The zero-order valence-corrected chi connectivity index (χ0v) is 16.3. The average molecular weight is 402 g/mol. The van der Waals surface area contributed by atoms with Crippen molar-refractivity contribution in [3.05, 3.63) is 52.1 Å². The number of benzene rings is 1. The first-order valence-corrected chi connectivity index (χ1v) is 10.1. The van der Waals surface area contributed by atoms with Crippen LogP contribution in [-0.2, 0) is 6.54 Å². The molecule has 6 nitrogen and oxygen atoms in total. The van der Waals surface area contributed by atoms with Crippen molar-refractivity contribution in [2.24, 2.45) is 5.73 Å². The topological polar surface area (TPSA) is 84.1 Å². The Bertz CT molecular complexity index is 968. The molecular weight excluding hydrogens is 382 g/mol. The van der Waals surface area contributed by atoms with Crippen LogP contribution in [0.15, 0.2) is 36.7 Å². The predicted molar refractivity (Wildman–Crippen MR) is 109 cm³/mol. The molecule has 8 heteroatoms. The molecule has 0 spiro atoms. The molecule has 1 aliphatic heterocycles. The van der Waals surface area contributed by atoms with Crippen LogP contribution in [-0.4, -0.2) is 39.9 Å². The fourth-order valence-electron chi connectivity index (χ4n) is 3.45. The molecule has 1 aromatic carbocycles. The second kappa shape index (κ2) is 7.80. The van der Waals surface area contributed by atoms with E-state index in [4.69, 9.17) is 17.3 Å². The maximum absolute atomic E-state index is 11.3. The molecule has 0 atom stereocenters. The van der Waals surface area contributed by atoms with Gasteiger partial charge in [0.05, 0.1) is 9.72 Å². The second-order valence-electron chi connectivity index (χ2n) is 6.75. The number of thiophene rings is 1. The lowest BCUT2D eigenvalue weighted by Gasteiger charge is -2.32. The van der Waals surface area contributed by atoms with Gasteiger partial charge in [0.25, 0.3) is 0 Å². The van der Waals surface area contributed by atoms with E-state index in [-0.39, 0.29) is 5.91 Å². The lowest BCUT2D eigenvalue weighted by Crippen LogP contribution is -2.38. The van der Waals surface area contributed by atoms with Crippen molar-refractivity contribution in [1.82, 2.24) is 14.9 Å². The number of hydrogen-bond acceptors (Lipinski definition) is 6. The highest BCUT2D eigenvalue weighted by molar-refractivity contribution is 7.22. The number of carbonyl (C=O) groups excluding carboxylic acids is 1. The van der Waals surface area contributed by atoms with Crippen LogP contribution in [0.25, 0.3) is 10.2 Å². The Morgan fingerprint density at radius 2 is 2.11 bits per heavy atom. The van der Waals surface area contributed by atoms with Gasteiger partial charge in [-0.15, -0.1) is 11.3 Å². The number of amides is 1. The fourth-order valence-corrected chi connectivity index (χ4v) is 4.51. The number of anilines is 1. The van der Waals surface area contributed by atoms with Crippen molar-refractivity contribution in [3.63, 3.8) is 0 Å². The number of piperidine rings is 1. The van der Waals surface area contributed by atoms with Crippen LogP contribution in [0.2, 0.25) is 4.34 Å².